The van der Waals surface area contributed by atoms with Gasteiger partial charge in [0.25, 0.3) is 5.91 Å². The van der Waals surface area contributed by atoms with E-state index in [0.717, 1.165) is 17.3 Å². The van der Waals surface area contributed by atoms with Crippen molar-refractivity contribution in [2.24, 2.45) is 0 Å². The summed E-state index contributed by atoms with van der Waals surface area (Å²) in [6.45, 7) is 2.34. The van der Waals surface area contributed by atoms with Crippen LogP contribution in [0, 0.1) is 12.7 Å². The van der Waals surface area contributed by atoms with Crippen molar-refractivity contribution in [1.82, 2.24) is 9.78 Å². The minimum absolute atomic E-state index is 0.0653. The Kier molecular flexibility index (Phi) is 4.62. The molecule has 0 aliphatic rings. The summed E-state index contributed by atoms with van der Waals surface area (Å²) < 4.78 is 15.6. The average molecular weight is 344 g/mol. The number of rotatable bonds is 4. The molecule has 0 unspecified atom stereocenters. The predicted molar refractivity (Wildman–Crippen MR) is 91.9 cm³/mol. The second-order valence-corrected chi connectivity index (χ2v) is 5.83. The van der Waals surface area contributed by atoms with E-state index in [9.17, 15) is 9.18 Å². The monoisotopic (exact) mass is 343 g/mol. The number of benzene rings is 2. The van der Waals surface area contributed by atoms with Crippen molar-refractivity contribution < 1.29 is 9.18 Å². The van der Waals surface area contributed by atoms with Gasteiger partial charge >= 0.3 is 0 Å². The number of aryl methyl sites for hydroxylation is 1. The molecule has 0 saturated heterocycles. The number of amides is 1. The molecule has 1 aromatic heterocycles. The van der Waals surface area contributed by atoms with Gasteiger partial charge in [-0.2, -0.15) is 5.10 Å². The number of halogens is 2. The Morgan fingerprint density at radius 1 is 1.21 bits per heavy atom. The van der Waals surface area contributed by atoms with Crippen LogP contribution in [-0.2, 0) is 6.54 Å². The maximum atomic E-state index is 13.9. The average Bonchev–Trinajstić information content (AvgIpc) is 2.87. The summed E-state index contributed by atoms with van der Waals surface area (Å²) in [5.74, 6) is -0.695. The SMILES string of the molecule is Cc1cc(NC(=O)c2ccc(Cl)cc2F)n(Cc2ccccc2)n1. The van der Waals surface area contributed by atoms with Gasteiger partial charge in [-0.25, -0.2) is 9.07 Å². The van der Waals surface area contributed by atoms with Gasteiger partial charge in [0, 0.05) is 11.1 Å². The predicted octanol–water partition coefficient (Wildman–Crippen LogP) is 4.28. The third-order valence-electron chi connectivity index (χ3n) is 3.49. The maximum Gasteiger partial charge on any atom is 0.259 e. The molecule has 0 aliphatic heterocycles. The lowest BCUT2D eigenvalue weighted by Crippen LogP contribution is -2.17. The fraction of sp³-hybridized carbons (Fsp3) is 0.111. The summed E-state index contributed by atoms with van der Waals surface area (Å²) in [6, 6.07) is 15.5. The van der Waals surface area contributed by atoms with Crippen molar-refractivity contribution in [3.05, 3.63) is 82.3 Å². The number of nitrogens with zero attached hydrogens (tertiary/aromatic N) is 2. The first-order valence-electron chi connectivity index (χ1n) is 7.38. The van der Waals surface area contributed by atoms with Gasteiger partial charge in [-0.15, -0.1) is 0 Å². The van der Waals surface area contributed by atoms with Crippen LogP contribution in [0.2, 0.25) is 5.02 Å². The minimum Gasteiger partial charge on any atom is -0.307 e. The van der Waals surface area contributed by atoms with E-state index in [1.54, 1.807) is 10.7 Å². The summed E-state index contributed by atoms with van der Waals surface area (Å²) in [5.41, 5.74) is 1.75. The third-order valence-corrected chi connectivity index (χ3v) is 3.73. The zero-order chi connectivity index (χ0) is 17.1. The van der Waals surface area contributed by atoms with Crippen molar-refractivity contribution in [2.75, 3.05) is 5.32 Å². The van der Waals surface area contributed by atoms with Crippen LogP contribution >= 0.6 is 11.6 Å². The van der Waals surface area contributed by atoms with Crippen molar-refractivity contribution >= 4 is 23.3 Å². The zero-order valence-electron chi connectivity index (χ0n) is 13.0. The van der Waals surface area contributed by atoms with E-state index < -0.39 is 11.7 Å². The fourth-order valence-corrected chi connectivity index (χ4v) is 2.54. The third kappa shape index (κ3) is 3.63. The summed E-state index contributed by atoms with van der Waals surface area (Å²) in [7, 11) is 0. The van der Waals surface area contributed by atoms with Crippen LogP contribution in [0.3, 0.4) is 0 Å². The van der Waals surface area contributed by atoms with E-state index >= 15 is 0 Å². The highest BCUT2D eigenvalue weighted by molar-refractivity contribution is 6.30. The molecule has 1 amide bonds. The largest absolute Gasteiger partial charge is 0.307 e. The first-order chi connectivity index (χ1) is 11.5. The van der Waals surface area contributed by atoms with Crippen LogP contribution in [0.5, 0.6) is 0 Å². The summed E-state index contributed by atoms with van der Waals surface area (Å²) in [5, 5.41) is 7.33. The molecule has 0 bridgehead atoms. The van der Waals surface area contributed by atoms with Crippen molar-refractivity contribution in [3.63, 3.8) is 0 Å². The highest BCUT2D eigenvalue weighted by Crippen LogP contribution is 2.18. The van der Waals surface area contributed by atoms with Gasteiger partial charge in [-0.1, -0.05) is 41.9 Å². The van der Waals surface area contributed by atoms with Crippen molar-refractivity contribution in [1.29, 1.82) is 0 Å². The van der Waals surface area contributed by atoms with Crippen molar-refractivity contribution in [2.45, 2.75) is 13.5 Å². The smallest absolute Gasteiger partial charge is 0.259 e. The summed E-state index contributed by atoms with van der Waals surface area (Å²) in [4.78, 5) is 12.3. The first kappa shape index (κ1) is 16.2. The van der Waals surface area contributed by atoms with Crippen LogP contribution in [-0.4, -0.2) is 15.7 Å². The Morgan fingerprint density at radius 2 is 1.96 bits per heavy atom. The Labute approximate surface area is 143 Å². The molecule has 0 saturated carbocycles. The number of carbonyl (C=O) groups excluding carboxylic acids is 1. The molecule has 3 aromatic rings. The minimum atomic E-state index is -0.661. The lowest BCUT2D eigenvalue weighted by molar-refractivity contribution is 0.102. The Bertz CT molecular complexity index is 877. The molecule has 24 heavy (non-hydrogen) atoms. The van der Waals surface area contributed by atoms with E-state index in [4.69, 9.17) is 11.6 Å². The van der Waals surface area contributed by atoms with Gasteiger partial charge < -0.3 is 5.32 Å². The second kappa shape index (κ2) is 6.84. The molecule has 0 aliphatic carbocycles. The maximum absolute atomic E-state index is 13.9. The highest BCUT2D eigenvalue weighted by atomic mass is 35.5. The fourth-order valence-electron chi connectivity index (χ4n) is 2.38. The number of hydrogen-bond donors (Lipinski definition) is 1. The highest BCUT2D eigenvalue weighted by Gasteiger charge is 2.15. The van der Waals surface area contributed by atoms with Gasteiger partial charge in [-0.05, 0) is 30.7 Å². The molecule has 122 valence electrons. The van der Waals surface area contributed by atoms with Gasteiger partial charge in [0.15, 0.2) is 0 Å². The van der Waals surface area contributed by atoms with Gasteiger partial charge in [0.05, 0.1) is 17.8 Å². The Morgan fingerprint density at radius 3 is 2.67 bits per heavy atom. The normalized spacial score (nSPS) is 10.6. The van der Waals surface area contributed by atoms with E-state index in [-0.39, 0.29) is 10.6 Å². The topological polar surface area (TPSA) is 46.9 Å². The van der Waals surface area contributed by atoms with Gasteiger partial charge in [-0.3, -0.25) is 4.79 Å². The number of anilines is 1. The van der Waals surface area contributed by atoms with Crippen LogP contribution < -0.4 is 5.32 Å². The Balaban J connectivity index is 1.83. The van der Waals surface area contributed by atoms with E-state index in [1.165, 1.54) is 12.1 Å². The molecule has 1 N–H and O–H groups in total. The molecular formula is C18H15ClFN3O. The first-order valence-corrected chi connectivity index (χ1v) is 7.75. The number of aromatic nitrogens is 2. The van der Waals surface area contributed by atoms with Crippen LogP contribution in [0.15, 0.2) is 54.6 Å². The van der Waals surface area contributed by atoms with Crippen LogP contribution in [0.1, 0.15) is 21.6 Å². The van der Waals surface area contributed by atoms with E-state index in [1.807, 2.05) is 37.3 Å². The quantitative estimate of drug-likeness (QED) is 0.768. The molecule has 2 aromatic carbocycles. The number of carbonyl (C=O) groups is 1. The standard InChI is InChI=1S/C18H15ClFN3O/c1-12-9-17(23(22-12)11-13-5-3-2-4-6-13)21-18(24)15-8-7-14(19)10-16(15)20/h2-10H,11H2,1H3,(H,21,24). The molecule has 3 rings (SSSR count). The van der Waals surface area contributed by atoms with E-state index in [2.05, 4.69) is 10.4 Å². The van der Waals surface area contributed by atoms with Gasteiger partial charge in [0.2, 0.25) is 0 Å². The van der Waals surface area contributed by atoms with E-state index in [0.29, 0.717) is 12.4 Å². The molecule has 0 atom stereocenters. The van der Waals surface area contributed by atoms with Crippen molar-refractivity contribution in [3.8, 4) is 0 Å². The summed E-state index contributed by atoms with van der Waals surface area (Å²) in [6.07, 6.45) is 0. The molecule has 6 heteroatoms. The Hall–Kier alpha value is -2.66. The van der Waals surface area contributed by atoms with Gasteiger partial charge in [0.1, 0.15) is 11.6 Å². The molecule has 4 nitrogen and oxygen atoms in total. The second-order valence-electron chi connectivity index (χ2n) is 5.39. The molecule has 1 heterocycles. The lowest BCUT2D eigenvalue weighted by Gasteiger charge is -2.09. The zero-order valence-corrected chi connectivity index (χ0v) is 13.7. The van der Waals surface area contributed by atoms with Crippen LogP contribution in [0.4, 0.5) is 10.2 Å². The number of hydrogen-bond acceptors (Lipinski definition) is 2. The molecule has 0 fully saturated rings. The number of nitrogens with one attached hydrogen (secondary N) is 1. The molecular weight excluding hydrogens is 329 g/mol. The molecule has 0 radical (unpaired) electrons. The summed E-state index contributed by atoms with van der Waals surface area (Å²) >= 11 is 5.71. The lowest BCUT2D eigenvalue weighted by atomic mass is 10.2. The van der Waals surface area contributed by atoms with Crippen LogP contribution in [0.25, 0.3) is 0 Å². The molecule has 0 spiro atoms.